The van der Waals surface area contributed by atoms with Crippen LogP contribution in [0.15, 0.2) is 60.9 Å². The summed E-state index contributed by atoms with van der Waals surface area (Å²) in [6.07, 6.45) is 2.77. The molecule has 6 nitrogen and oxygen atoms in total. The van der Waals surface area contributed by atoms with Crippen molar-refractivity contribution in [2.24, 2.45) is 0 Å². The third-order valence-corrected chi connectivity index (χ3v) is 4.19. The quantitative estimate of drug-likeness (QED) is 0.723. The summed E-state index contributed by atoms with van der Waals surface area (Å²) >= 11 is 0. The fourth-order valence-electron chi connectivity index (χ4n) is 2.72. The second-order valence-electron chi connectivity index (χ2n) is 6.35. The van der Waals surface area contributed by atoms with Crippen molar-refractivity contribution < 1.29 is 9.59 Å². The highest BCUT2D eigenvalue weighted by atomic mass is 16.2. The van der Waals surface area contributed by atoms with E-state index in [1.165, 1.54) is 18.5 Å². The number of rotatable bonds is 4. The number of nitrogens with zero attached hydrogens (tertiary/aromatic N) is 2. The van der Waals surface area contributed by atoms with Gasteiger partial charge in [0, 0.05) is 18.1 Å². The van der Waals surface area contributed by atoms with Crippen LogP contribution in [0.2, 0.25) is 0 Å². The zero-order valence-electron chi connectivity index (χ0n) is 15.5. The Morgan fingerprint density at radius 2 is 1.54 bits per heavy atom. The van der Waals surface area contributed by atoms with Crippen LogP contribution in [-0.2, 0) is 0 Å². The minimum Gasteiger partial charge on any atom is -0.322 e. The Kier molecular flexibility index (Phi) is 5.47. The number of hydrogen-bond acceptors (Lipinski definition) is 4. The molecule has 0 aliphatic carbocycles. The maximum Gasteiger partial charge on any atom is 0.257 e. The van der Waals surface area contributed by atoms with Gasteiger partial charge in [-0.2, -0.15) is 5.26 Å². The topological polar surface area (TPSA) is 94.9 Å². The lowest BCUT2D eigenvalue weighted by Gasteiger charge is -2.10. The number of carbonyl (C=O) groups is 2. The van der Waals surface area contributed by atoms with Crippen LogP contribution in [0.3, 0.4) is 0 Å². The molecule has 1 aromatic heterocycles. The number of anilines is 2. The van der Waals surface area contributed by atoms with Crippen LogP contribution in [-0.4, -0.2) is 16.8 Å². The van der Waals surface area contributed by atoms with Crippen LogP contribution >= 0.6 is 0 Å². The normalized spacial score (nSPS) is 10.0. The first-order valence-electron chi connectivity index (χ1n) is 8.62. The lowest BCUT2D eigenvalue weighted by Crippen LogP contribution is -2.17. The number of para-hydroxylation sites is 1. The lowest BCUT2D eigenvalue weighted by molar-refractivity contribution is 0.102. The van der Waals surface area contributed by atoms with Crippen molar-refractivity contribution in [3.05, 3.63) is 88.7 Å². The molecule has 0 radical (unpaired) electrons. The van der Waals surface area contributed by atoms with Gasteiger partial charge in [-0.15, -0.1) is 0 Å². The first-order valence-corrected chi connectivity index (χ1v) is 8.62. The Hall–Kier alpha value is -3.98. The van der Waals surface area contributed by atoms with E-state index >= 15 is 0 Å². The van der Waals surface area contributed by atoms with E-state index < -0.39 is 5.91 Å². The average molecular weight is 370 g/mol. The Morgan fingerprint density at radius 1 is 0.893 bits per heavy atom. The number of carbonyl (C=O) groups excluding carboxylic acids is 2. The van der Waals surface area contributed by atoms with Crippen molar-refractivity contribution in [1.29, 1.82) is 5.26 Å². The summed E-state index contributed by atoms with van der Waals surface area (Å²) in [6, 6.07) is 15.9. The molecule has 0 aliphatic heterocycles. The number of aryl methyl sites for hydroxylation is 2. The molecule has 28 heavy (non-hydrogen) atoms. The highest BCUT2D eigenvalue weighted by Crippen LogP contribution is 2.18. The van der Waals surface area contributed by atoms with E-state index in [4.69, 9.17) is 5.26 Å². The van der Waals surface area contributed by atoms with Crippen LogP contribution in [0, 0.1) is 25.2 Å². The molecule has 0 saturated heterocycles. The van der Waals surface area contributed by atoms with Gasteiger partial charge in [0.25, 0.3) is 11.8 Å². The molecule has 0 bridgehead atoms. The highest BCUT2D eigenvalue weighted by Gasteiger charge is 2.14. The van der Waals surface area contributed by atoms with E-state index in [1.54, 1.807) is 24.3 Å². The van der Waals surface area contributed by atoms with Crippen LogP contribution in [0.5, 0.6) is 0 Å². The molecule has 2 aromatic carbocycles. The van der Waals surface area contributed by atoms with Crippen molar-refractivity contribution in [3.63, 3.8) is 0 Å². The molecule has 0 fully saturated rings. The second-order valence-corrected chi connectivity index (χ2v) is 6.35. The number of hydrogen-bond donors (Lipinski definition) is 2. The monoisotopic (exact) mass is 370 g/mol. The molecule has 0 atom stereocenters. The first-order chi connectivity index (χ1) is 13.5. The van der Waals surface area contributed by atoms with Crippen LogP contribution < -0.4 is 10.6 Å². The Labute approximate surface area is 162 Å². The standard InChI is InChI=1S/C22H18N4O2/c1-14-7-8-19(15(2)9-14)25-21(27)17-10-18(13-24-12-17)22(28)26-20-6-4-3-5-16(20)11-23/h3-10,12-13H,1-2H3,(H,25,27)(H,26,28). The number of pyridine rings is 1. The van der Waals surface area contributed by atoms with Gasteiger partial charge in [0.05, 0.1) is 22.4 Å². The summed E-state index contributed by atoms with van der Waals surface area (Å²) in [4.78, 5) is 29.1. The van der Waals surface area contributed by atoms with Gasteiger partial charge in [-0.1, -0.05) is 29.8 Å². The van der Waals surface area contributed by atoms with E-state index in [0.717, 1.165) is 11.1 Å². The number of benzene rings is 2. The fraction of sp³-hybridized carbons (Fsp3) is 0.0909. The third kappa shape index (κ3) is 4.22. The zero-order valence-corrected chi connectivity index (χ0v) is 15.5. The molecule has 138 valence electrons. The fourth-order valence-corrected chi connectivity index (χ4v) is 2.72. The molecule has 0 aliphatic rings. The van der Waals surface area contributed by atoms with Gasteiger partial charge in [0.2, 0.25) is 0 Å². The Morgan fingerprint density at radius 3 is 2.18 bits per heavy atom. The van der Waals surface area contributed by atoms with Gasteiger partial charge >= 0.3 is 0 Å². The molecule has 0 saturated carbocycles. The van der Waals surface area contributed by atoms with Gasteiger partial charge in [0.1, 0.15) is 6.07 Å². The smallest absolute Gasteiger partial charge is 0.257 e. The summed E-state index contributed by atoms with van der Waals surface area (Å²) in [6.45, 7) is 3.90. The summed E-state index contributed by atoms with van der Waals surface area (Å²) in [5, 5.41) is 14.6. The van der Waals surface area contributed by atoms with Crippen molar-refractivity contribution in [3.8, 4) is 6.07 Å². The molecule has 2 amide bonds. The van der Waals surface area contributed by atoms with Crippen LogP contribution in [0.1, 0.15) is 37.4 Å². The largest absolute Gasteiger partial charge is 0.322 e. The van der Waals surface area contributed by atoms with Gasteiger partial charge in [-0.05, 0) is 43.7 Å². The molecule has 1 heterocycles. The zero-order chi connectivity index (χ0) is 20.1. The molecule has 6 heteroatoms. The molecule has 2 N–H and O–H groups in total. The maximum atomic E-state index is 12.6. The van der Waals surface area contributed by atoms with Gasteiger partial charge in [-0.3, -0.25) is 14.6 Å². The minimum absolute atomic E-state index is 0.223. The highest BCUT2D eigenvalue weighted by molar-refractivity contribution is 6.08. The van der Waals surface area contributed by atoms with E-state index in [9.17, 15) is 9.59 Å². The molecular formula is C22H18N4O2. The second kappa shape index (κ2) is 8.14. The van der Waals surface area contributed by atoms with E-state index in [0.29, 0.717) is 16.9 Å². The number of amides is 2. The van der Waals surface area contributed by atoms with Gasteiger partial charge in [-0.25, -0.2) is 0 Å². The average Bonchev–Trinajstić information content (AvgIpc) is 2.70. The van der Waals surface area contributed by atoms with E-state index in [1.807, 2.05) is 38.1 Å². The summed E-state index contributed by atoms with van der Waals surface area (Å²) in [7, 11) is 0. The first kappa shape index (κ1) is 18.8. The molecule has 0 spiro atoms. The third-order valence-electron chi connectivity index (χ3n) is 4.19. The SMILES string of the molecule is Cc1ccc(NC(=O)c2cncc(C(=O)Nc3ccccc3C#N)c2)c(C)c1. The van der Waals surface area contributed by atoms with Gasteiger partial charge in [0.15, 0.2) is 0 Å². The predicted molar refractivity (Wildman–Crippen MR) is 107 cm³/mol. The van der Waals surface area contributed by atoms with E-state index in [-0.39, 0.29) is 17.0 Å². The van der Waals surface area contributed by atoms with Crippen molar-refractivity contribution in [1.82, 2.24) is 4.98 Å². The number of aromatic nitrogens is 1. The molecular weight excluding hydrogens is 352 g/mol. The Bertz CT molecular complexity index is 1100. The van der Waals surface area contributed by atoms with Gasteiger partial charge < -0.3 is 10.6 Å². The number of nitriles is 1. The molecule has 3 rings (SSSR count). The minimum atomic E-state index is -0.448. The summed E-state index contributed by atoms with van der Waals surface area (Å²) < 4.78 is 0. The molecule has 3 aromatic rings. The van der Waals surface area contributed by atoms with Crippen molar-refractivity contribution >= 4 is 23.2 Å². The van der Waals surface area contributed by atoms with E-state index in [2.05, 4.69) is 15.6 Å². The predicted octanol–water partition coefficient (Wildman–Crippen LogP) is 4.07. The maximum absolute atomic E-state index is 12.6. The lowest BCUT2D eigenvalue weighted by atomic mass is 10.1. The van der Waals surface area contributed by atoms with Crippen LogP contribution in [0.4, 0.5) is 11.4 Å². The molecule has 0 unspecified atom stereocenters. The number of nitrogens with one attached hydrogen (secondary N) is 2. The van der Waals surface area contributed by atoms with Crippen molar-refractivity contribution in [2.75, 3.05) is 10.6 Å². The summed E-state index contributed by atoms with van der Waals surface area (Å²) in [5.74, 6) is -0.803. The Balaban J connectivity index is 1.78. The van der Waals surface area contributed by atoms with Crippen molar-refractivity contribution in [2.45, 2.75) is 13.8 Å². The summed E-state index contributed by atoms with van der Waals surface area (Å²) in [5.41, 5.74) is 4.00. The van der Waals surface area contributed by atoms with Crippen LogP contribution in [0.25, 0.3) is 0 Å².